The highest BCUT2D eigenvalue weighted by Gasteiger charge is 2.28. The Morgan fingerprint density at radius 3 is 2.20 bits per heavy atom. The van der Waals surface area contributed by atoms with Crippen LogP contribution in [0.4, 0.5) is 0 Å². The van der Waals surface area contributed by atoms with Crippen molar-refractivity contribution in [1.29, 1.82) is 0 Å². The molecule has 0 heterocycles. The van der Waals surface area contributed by atoms with Crippen LogP contribution in [0, 0.1) is 17.8 Å². The maximum Gasteiger partial charge on any atom is 0.223 e. The quantitative estimate of drug-likeness (QED) is 0.741. The summed E-state index contributed by atoms with van der Waals surface area (Å²) in [6.07, 6.45) is 6.63. The highest BCUT2D eigenvalue weighted by molar-refractivity contribution is 5.76. The fourth-order valence-corrected chi connectivity index (χ4v) is 3.36. The zero-order valence-electron chi connectivity index (χ0n) is 13.9. The van der Waals surface area contributed by atoms with Crippen LogP contribution in [0.2, 0.25) is 0 Å². The first kappa shape index (κ1) is 17.5. The van der Waals surface area contributed by atoms with Crippen LogP contribution >= 0.6 is 0 Å². The van der Waals surface area contributed by atoms with E-state index in [1.807, 2.05) is 0 Å². The van der Waals surface area contributed by atoms with Gasteiger partial charge in [-0.2, -0.15) is 0 Å². The molecule has 1 amide bonds. The molecule has 20 heavy (non-hydrogen) atoms. The number of hydrogen-bond donors (Lipinski definition) is 1. The molecule has 0 aromatic carbocycles. The van der Waals surface area contributed by atoms with Crippen molar-refractivity contribution in [3.63, 3.8) is 0 Å². The molecule has 0 bridgehead atoms. The van der Waals surface area contributed by atoms with E-state index < -0.39 is 0 Å². The lowest BCUT2D eigenvalue weighted by Crippen LogP contribution is -2.42. The molecule has 1 aliphatic carbocycles. The summed E-state index contributed by atoms with van der Waals surface area (Å²) in [5.41, 5.74) is 5.85. The van der Waals surface area contributed by atoms with Gasteiger partial charge in [0.1, 0.15) is 0 Å². The molecule has 1 unspecified atom stereocenters. The zero-order chi connectivity index (χ0) is 15.1. The average molecular weight is 282 g/mol. The van der Waals surface area contributed by atoms with E-state index >= 15 is 0 Å². The van der Waals surface area contributed by atoms with E-state index in [1.165, 1.54) is 25.7 Å². The fourth-order valence-electron chi connectivity index (χ4n) is 3.36. The van der Waals surface area contributed by atoms with E-state index in [-0.39, 0.29) is 0 Å². The average Bonchev–Trinajstić information content (AvgIpc) is 2.87. The van der Waals surface area contributed by atoms with E-state index in [1.54, 1.807) is 0 Å². The van der Waals surface area contributed by atoms with Gasteiger partial charge in [0.2, 0.25) is 5.91 Å². The molecule has 0 spiro atoms. The Labute approximate surface area is 125 Å². The molecule has 1 fully saturated rings. The third-order valence-corrected chi connectivity index (χ3v) is 4.25. The molecule has 0 aliphatic heterocycles. The Hall–Kier alpha value is -0.570. The largest absolute Gasteiger partial charge is 0.339 e. The second-order valence-electron chi connectivity index (χ2n) is 7.31. The molecule has 0 radical (unpaired) electrons. The molecule has 0 saturated heterocycles. The number of hydrogen-bond acceptors (Lipinski definition) is 2. The molecule has 1 saturated carbocycles. The van der Waals surface area contributed by atoms with Gasteiger partial charge in [0.05, 0.1) is 0 Å². The van der Waals surface area contributed by atoms with Crippen LogP contribution in [0.3, 0.4) is 0 Å². The highest BCUT2D eigenvalue weighted by atomic mass is 16.2. The van der Waals surface area contributed by atoms with Crippen molar-refractivity contribution in [3.8, 4) is 0 Å². The second kappa shape index (κ2) is 8.66. The number of carbonyl (C=O) groups excluding carboxylic acids is 1. The summed E-state index contributed by atoms with van der Waals surface area (Å²) < 4.78 is 0. The van der Waals surface area contributed by atoms with E-state index in [2.05, 4.69) is 32.6 Å². The van der Waals surface area contributed by atoms with Crippen molar-refractivity contribution in [1.82, 2.24) is 4.90 Å². The number of nitrogens with two attached hydrogens (primary N) is 1. The smallest absolute Gasteiger partial charge is 0.223 e. The van der Waals surface area contributed by atoms with Gasteiger partial charge in [-0.25, -0.2) is 0 Å². The van der Waals surface area contributed by atoms with Crippen LogP contribution in [0.25, 0.3) is 0 Å². The number of amides is 1. The standard InChI is InChI=1S/C17H34N2O/c1-13(2)9-15(11-18)10-17(20)19(12-14(3)4)16-7-5-6-8-16/h13-16H,5-12,18H2,1-4H3. The third kappa shape index (κ3) is 5.82. The zero-order valence-corrected chi connectivity index (χ0v) is 13.9. The molecule has 3 heteroatoms. The molecule has 1 atom stereocenters. The second-order valence-corrected chi connectivity index (χ2v) is 7.31. The van der Waals surface area contributed by atoms with Gasteiger partial charge in [0, 0.05) is 19.0 Å². The van der Waals surface area contributed by atoms with Gasteiger partial charge in [-0.3, -0.25) is 4.79 Å². The predicted octanol–water partition coefficient (Wildman–Crippen LogP) is 3.42. The summed E-state index contributed by atoms with van der Waals surface area (Å²) in [6, 6.07) is 0.488. The number of nitrogens with zero attached hydrogens (tertiary/aromatic N) is 1. The monoisotopic (exact) mass is 282 g/mol. The van der Waals surface area contributed by atoms with E-state index in [9.17, 15) is 4.79 Å². The van der Waals surface area contributed by atoms with Crippen LogP contribution in [0.5, 0.6) is 0 Å². The van der Waals surface area contributed by atoms with Crippen LogP contribution in [0.15, 0.2) is 0 Å². The summed E-state index contributed by atoms with van der Waals surface area (Å²) in [4.78, 5) is 14.9. The topological polar surface area (TPSA) is 46.3 Å². The number of carbonyl (C=O) groups is 1. The van der Waals surface area contributed by atoms with E-state index in [0.29, 0.717) is 42.7 Å². The summed E-state index contributed by atoms with van der Waals surface area (Å²) in [7, 11) is 0. The predicted molar refractivity (Wildman–Crippen MR) is 85.4 cm³/mol. The first-order valence-corrected chi connectivity index (χ1v) is 8.43. The Balaban J connectivity index is 2.61. The summed E-state index contributed by atoms with van der Waals surface area (Å²) in [5, 5.41) is 0. The lowest BCUT2D eigenvalue weighted by atomic mass is 9.93. The molecule has 0 aromatic heterocycles. The van der Waals surface area contributed by atoms with Crippen molar-refractivity contribution in [2.24, 2.45) is 23.5 Å². The van der Waals surface area contributed by atoms with Gasteiger partial charge in [-0.15, -0.1) is 0 Å². The van der Waals surface area contributed by atoms with Crippen molar-refractivity contribution in [2.45, 2.75) is 72.3 Å². The van der Waals surface area contributed by atoms with Crippen LogP contribution in [-0.2, 0) is 4.79 Å². The van der Waals surface area contributed by atoms with Gasteiger partial charge >= 0.3 is 0 Å². The first-order valence-electron chi connectivity index (χ1n) is 8.43. The van der Waals surface area contributed by atoms with Crippen LogP contribution < -0.4 is 5.73 Å². The minimum absolute atomic E-state index is 0.335. The molecule has 1 rings (SSSR count). The normalized spacial score (nSPS) is 17.9. The molecule has 2 N–H and O–H groups in total. The fraction of sp³-hybridized carbons (Fsp3) is 0.941. The molecule has 118 valence electrons. The SMILES string of the molecule is CC(C)CC(CN)CC(=O)N(CC(C)C)C1CCCC1. The van der Waals surface area contributed by atoms with Crippen molar-refractivity contribution in [2.75, 3.05) is 13.1 Å². The van der Waals surface area contributed by atoms with Gasteiger partial charge in [-0.1, -0.05) is 40.5 Å². The van der Waals surface area contributed by atoms with Crippen molar-refractivity contribution >= 4 is 5.91 Å². The minimum atomic E-state index is 0.335. The van der Waals surface area contributed by atoms with Crippen molar-refractivity contribution in [3.05, 3.63) is 0 Å². The number of rotatable bonds is 8. The van der Waals surface area contributed by atoms with E-state index in [4.69, 9.17) is 5.73 Å². The maximum atomic E-state index is 12.7. The Morgan fingerprint density at radius 2 is 1.75 bits per heavy atom. The molecular weight excluding hydrogens is 248 g/mol. The summed E-state index contributed by atoms with van der Waals surface area (Å²) >= 11 is 0. The third-order valence-electron chi connectivity index (χ3n) is 4.25. The lowest BCUT2D eigenvalue weighted by Gasteiger charge is -2.32. The molecule has 1 aliphatic rings. The van der Waals surface area contributed by atoms with Crippen LogP contribution in [-0.4, -0.2) is 29.9 Å². The van der Waals surface area contributed by atoms with Gasteiger partial charge in [0.25, 0.3) is 0 Å². The van der Waals surface area contributed by atoms with Gasteiger partial charge in [0.15, 0.2) is 0 Å². The molecule has 3 nitrogen and oxygen atoms in total. The van der Waals surface area contributed by atoms with Crippen molar-refractivity contribution < 1.29 is 4.79 Å². The Kier molecular flexibility index (Phi) is 7.57. The molecule has 0 aromatic rings. The minimum Gasteiger partial charge on any atom is -0.339 e. The summed E-state index contributed by atoms with van der Waals surface area (Å²) in [5.74, 6) is 1.84. The maximum absolute atomic E-state index is 12.7. The van der Waals surface area contributed by atoms with Gasteiger partial charge < -0.3 is 10.6 Å². The first-order chi connectivity index (χ1) is 9.43. The van der Waals surface area contributed by atoms with Gasteiger partial charge in [-0.05, 0) is 43.6 Å². The summed E-state index contributed by atoms with van der Waals surface area (Å²) in [6.45, 7) is 10.3. The highest BCUT2D eigenvalue weighted by Crippen LogP contribution is 2.26. The lowest BCUT2D eigenvalue weighted by molar-refractivity contribution is -0.135. The Morgan fingerprint density at radius 1 is 1.15 bits per heavy atom. The molecular formula is C17H34N2O. The Bertz CT molecular complexity index is 283. The van der Waals surface area contributed by atoms with E-state index in [0.717, 1.165) is 13.0 Å². The van der Waals surface area contributed by atoms with Crippen LogP contribution in [0.1, 0.15) is 66.2 Å².